The zero-order valence-electron chi connectivity index (χ0n) is 11.0. The molecule has 0 bridgehead atoms. The third-order valence-electron chi connectivity index (χ3n) is 2.70. The van der Waals surface area contributed by atoms with Crippen LogP contribution in [0.25, 0.3) is 0 Å². The summed E-state index contributed by atoms with van der Waals surface area (Å²) in [4.78, 5) is 1.19. The number of para-hydroxylation sites is 1. The third kappa shape index (κ3) is 5.13. The summed E-state index contributed by atoms with van der Waals surface area (Å²) in [6.45, 7) is 1.25. The zero-order chi connectivity index (χ0) is 15.2. The molecule has 1 aromatic heterocycles. The predicted octanol–water partition coefficient (Wildman–Crippen LogP) is 4.35. The molecular formula is C14H14BrCl2NO2S. The molecule has 0 amide bonds. The second-order valence-corrected chi connectivity index (χ2v) is 7.01. The van der Waals surface area contributed by atoms with Gasteiger partial charge in [-0.05, 0) is 39.5 Å². The SMILES string of the molecule is OC(CNCc1sccc1Br)COc1c(Cl)cccc1Cl. The molecule has 0 aliphatic rings. The summed E-state index contributed by atoms with van der Waals surface area (Å²) < 4.78 is 6.56. The predicted molar refractivity (Wildman–Crippen MR) is 91.7 cm³/mol. The van der Waals surface area contributed by atoms with Crippen molar-refractivity contribution in [2.45, 2.75) is 12.6 Å². The van der Waals surface area contributed by atoms with Crippen molar-refractivity contribution >= 4 is 50.5 Å². The number of thiophene rings is 1. The Hall–Kier alpha value is -0.300. The molecule has 0 saturated heterocycles. The Balaban J connectivity index is 1.75. The molecule has 1 aromatic carbocycles. The number of aliphatic hydroxyl groups excluding tert-OH is 1. The van der Waals surface area contributed by atoms with E-state index in [-0.39, 0.29) is 6.61 Å². The van der Waals surface area contributed by atoms with Gasteiger partial charge in [0.15, 0.2) is 5.75 Å². The standard InChI is InChI=1S/C14H14BrCl2NO2S/c15-10-4-5-21-13(10)7-18-6-9(19)8-20-14-11(16)2-1-3-12(14)17/h1-5,9,18-19H,6-8H2. The molecule has 7 heteroatoms. The maximum absolute atomic E-state index is 9.91. The fraction of sp³-hybridized carbons (Fsp3) is 0.286. The number of halogens is 3. The van der Waals surface area contributed by atoms with Gasteiger partial charge in [0.25, 0.3) is 0 Å². The van der Waals surface area contributed by atoms with Crippen LogP contribution in [0.3, 0.4) is 0 Å². The van der Waals surface area contributed by atoms with Gasteiger partial charge >= 0.3 is 0 Å². The summed E-state index contributed by atoms with van der Waals surface area (Å²) in [6.07, 6.45) is -0.643. The molecular weight excluding hydrogens is 397 g/mol. The fourth-order valence-electron chi connectivity index (χ4n) is 1.66. The van der Waals surface area contributed by atoms with Crippen molar-refractivity contribution in [1.29, 1.82) is 0 Å². The third-order valence-corrected chi connectivity index (χ3v) is 5.22. The molecule has 0 radical (unpaired) electrons. The van der Waals surface area contributed by atoms with Gasteiger partial charge in [-0.25, -0.2) is 0 Å². The second-order valence-electron chi connectivity index (χ2n) is 4.34. The van der Waals surface area contributed by atoms with E-state index in [0.29, 0.717) is 28.9 Å². The molecule has 114 valence electrons. The first kappa shape index (κ1) is 17.1. The Labute approximate surface area is 146 Å². The average molecular weight is 411 g/mol. The molecule has 1 atom stereocenters. The van der Waals surface area contributed by atoms with Crippen LogP contribution in [0.4, 0.5) is 0 Å². The van der Waals surface area contributed by atoms with Crippen molar-refractivity contribution in [1.82, 2.24) is 5.32 Å². The minimum Gasteiger partial charge on any atom is -0.488 e. The van der Waals surface area contributed by atoms with Crippen molar-refractivity contribution in [3.05, 3.63) is 49.0 Å². The van der Waals surface area contributed by atoms with Crippen LogP contribution < -0.4 is 10.1 Å². The first-order valence-corrected chi connectivity index (χ1v) is 8.68. The number of rotatable bonds is 7. The molecule has 0 aliphatic carbocycles. The molecule has 3 nitrogen and oxygen atoms in total. The van der Waals surface area contributed by atoms with Crippen LogP contribution in [0.15, 0.2) is 34.1 Å². The zero-order valence-corrected chi connectivity index (χ0v) is 14.9. The summed E-state index contributed by atoms with van der Waals surface area (Å²) >= 11 is 17.1. The maximum Gasteiger partial charge on any atom is 0.156 e. The van der Waals surface area contributed by atoms with E-state index >= 15 is 0 Å². The molecule has 21 heavy (non-hydrogen) atoms. The highest BCUT2D eigenvalue weighted by Crippen LogP contribution is 2.32. The van der Waals surface area contributed by atoms with Crippen LogP contribution in [-0.4, -0.2) is 24.4 Å². The highest BCUT2D eigenvalue weighted by atomic mass is 79.9. The van der Waals surface area contributed by atoms with E-state index in [0.717, 1.165) is 4.47 Å². The van der Waals surface area contributed by atoms with E-state index in [1.807, 2.05) is 11.4 Å². The van der Waals surface area contributed by atoms with Crippen molar-refractivity contribution in [2.24, 2.45) is 0 Å². The van der Waals surface area contributed by atoms with Gasteiger partial charge < -0.3 is 15.2 Å². The Bertz CT molecular complexity index is 574. The lowest BCUT2D eigenvalue weighted by atomic mass is 10.3. The molecule has 0 fully saturated rings. The number of hydrogen-bond acceptors (Lipinski definition) is 4. The van der Waals surface area contributed by atoms with Crippen molar-refractivity contribution < 1.29 is 9.84 Å². The van der Waals surface area contributed by atoms with Gasteiger partial charge in [-0.3, -0.25) is 0 Å². The monoisotopic (exact) mass is 409 g/mol. The Morgan fingerprint density at radius 1 is 1.29 bits per heavy atom. The molecule has 2 N–H and O–H groups in total. The van der Waals surface area contributed by atoms with E-state index < -0.39 is 6.10 Å². The van der Waals surface area contributed by atoms with Crippen LogP contribution in [0.2, 0.25) is 10.0 Å². The first-order valence-electron chi connectivity index (χ1n) is 6.25. The van der Waals surface area contributed by atoms with Crippen molar-refractivity contribution in [3.63, 3.8) is 0 Å². The quantitative estimate of drug-likeness (QED) is 0.712. The fourth-order valence-corrected chi connectivity index (χ4v) is 3.63. The van der Waals surface area contributed by atoms with Gasteiger partial charge in [0.2, 0.25) is 0 Å². The van der Waals surface area contributed by atoms with Crippen LogP contribution in [0.5, 0.6) is 5.75 Å². The number of benzene rings is 1. The molecule has 2 aromatic rings. The Morgan fingerprint density at radius 3 is 2.62 bits per heavy atom. The maximum atomic E-state index is 9.91. The molecule has 1 unspecified atom stereocenters. The van der Waals surface area contributed by atoms with Crippen LogP contribution in [0.1, 0.15) is 4.88 Å². The lowest BCUT2D eigenvalue weighted by Gasteiger charge is -2.14. The smallest absolute Gasteiger partial charge is 0.156 e. The summed E-state index contributed by atoms with van der Waals surface area (Å²) in [5, 5.41) is 16.0. The number of aliphatic hydroxyl groups is 1. The lowest BCUT2D eigenvalue weighted by Crippen LogP contribution is -2.31. The Kier molecular flexibility index (Phi) is 6.79. The van der Waals surface area contributed by atoms with E-state index in [1.165, 1.54) is 4.88 Å². The number of ether oxygens (including phenoxy) is 1. The minimum atomic E-state index is -0.643. The minimum absolute atomic E-state index is 0.127. The van der Waals surface area contributed by atoms with Gasteiger partial charge in [0.05, 0.1) is 10.0 Å². The molecule has 0 saturated carbocycles. The lowest BCUT2D eigenvalue weighted by molar-refractivity contribution is 0.106. The van der Waals surface area contributed by atoms with E-state index in [1.54, 1.807) is 29.5 Å². The molecule has 1 heterocycles. The van der Waals surface area contributed by atoms with Crippen molar-refractivity contribution in [3.8, 4) is 5.75 Å². The van der Waals surface area contributed by atoms with E-state index in [4.69, 9.17) is 27.9 Å². The van der Waals surface area contributed by atoms with E-state index in [2.05, 4.69) is 21.2 Å². The summed E-state index contributed by atoms with van der Waals surface area (Å²) in [5.41, 5.74) is 0. The highest BCUT2D eigenvalue weighted by Gasteiger charge is 2.10. The van der Waals surface area contributed by atoms with Crippen molar-refractivity contribution in [2.75, 3.05) is 13.2 Å². The van der Waals surface area contributed by atoms with Crippen LogP contribution in [-0.2, 0) is 6.54 Å². The molecule has 0 spiro atoms. The average Bonchev–Trinajstić information content (AvgIpc) is 2.84. The number of hydrogen-bond donors (Lipinski definition) is 2. The largest absolute Gasteiger partial charge is 0.488 e. The summed E-state index contributed by atoms with van der Waals surface area (Å²) in [7, 11) is 0. The summed E-state index contributed by atoms with van der Waals surface area (Å²) in [6, 6.07) is 7.14. The van der Waals surface area contributed by atoms with Crippen LogP contribution >= 0.6 is 50.5 Å². The van der Waals surface area contributed by atoms with Crippen LogP contribution in [0, 0.1) is 0 Å². The molecule has 0 aliphatic heterocycles. The van der Waals surface area contributed by atoms with E-state index in [9.17, 15) is 5.11 Å². The number of nitrogens with one attached hydrogen (secondary N) is 1. The molecule has 2 rings (SSSR count). The van der Waals surface area contributed by atoms with Gasteiger partial charge in [-0.2, -0.15) is 0 Å². The summed E-state index contributed by atoms with van der Waals surface area (Å²) in [5.74, 6) is 0.404. The topological polar surface area (TPSA) is 41.5 Å². The van der Waals surface area contributed by atoms with Gasteiger partial charge in [-0.1, -0.05) is 29.3 Å². The normalized spacial score (nSPS) is 12.4. The highest BCUT2D eigenvalue weighted by molar-refractivity contribution is 9.10. The van der Waals surface area contributed by atoms with Gasteiger partial charge in [0.1, 0.15) is 12.7 Å². The van der Waals surface area contributed by atoms with Gasteiger partial charge in [-0.15, -0.1) is 11.3 Å². The second kappa shape index (κ2) is 8.36. The first-order chi connectivity index (χ1) is 10.1. The Morgan fingerprint density at radius 2 is 2.00 bits per heavy atom. The van der Waals surface area contributed by atoms with Gasteiger partial charge in [0, 0.05) is 22.4 Å².